The molecule has 0 radical (unpaired) electrons. The third kappa shape index (κ3) is 2.38. The van der Waals surface area contributed by atoms with Crippen LogP contribution in [0.3, 0.4) is 0 Å². The van der Waals surface area contributed by atoms with Crippen molar-refractivity contribution in [2.24, 2.45) is 17.8 Å². The average molecular weight is 207 g/mol. The Hall–Kier alpha value is -0.0400. The van der Waals surface area contributed by atoms with E-state index in [2.05, 4.69) is 4.90 Å². The molecular weight excluding hydrogens is 182 g/mol. The third-order valence-electron chi connectivity index (χ3n) is 5.19. The highest BCUT2D eigenvalue weighted by atomic mass is 15.1. The summed E-state index contributed by atoms with van der Waals surface area (Å²) < 4.78 is 0. The minimum absolute atomic E-state index is 1.11. The maximum Gasteiger partial charge on any atom is -0.00161 e. The summed E-state index contributed by atoms with van der Waals surface area (Å²) in [6.45, 7) is 4.18. The standard InChI is InChI=1S/C7H13N.C7H12/c1-4-8-5-2-7(1)3-6-8;1-2-7-4-3-6(1)5-7/h7H,1-6H2;6-7H,1-5H2. The molecule has 0 N–H and O–H groups in total. The van der Waals surface area contributed by atoms with E-state index >= 15 is 0 Å². The first-order valence-corrected chi connectivity index (χ1v) is 7.12. The molecule has 5 rings (SSSR count). The van der Waals surface area contributed by atoms with Gasteiger partial charge in [0.2, 0.25) is 0 Å². The van der Waals surface area contributed by atoms with Crippen molar-refractivity contribution in [3.8, 4) is 0 Å². The van der Waals surface area contributed by atoms with E-state index in [1.807, 2.05) is 0 Å². The summed E-state index contributed by atoms with van der Waals surface area (Å²) in [6, 6.07) is 0. The van der Waals surface area contributed by atoms with E-state index in [-0.39, 0.29) is 0 Å². The van der Waals surface area contributed by atoms with Crippen molar-refractivity contribution >= 4 is 0 Å². The summed E-state index contributed by atoms with van der Waals surface area (Å²) in [7, 11) is 0. The van der Waals surface area contributed by atoms with Crippen LogP contribution in [0, 0.1) is 17.8 Å². The number of hydrogen-bond acceptors (Lipinski definition) is 1. The van der Waals surface area contributed by atoms with Gasteiger partial charge in [-0.25, -0.2) is 0 Å². The number of nitrogens with zero attached hydrogens (tertiary/aromatic N) is 1. The summed E-state index contributed by atoms with van der Waals surface area (Å²) >= 11 is 0. The van der Waals surface area contributed by atoms with E-state index in [0.29, 0.717) is 0 Å². The lowest BCUT2D eigenvalue weighted by Gasteiger charge is -2.38. The average Bonchev–Trinajstić information content (AvgIpc) is 2.97. The first kappa shape index (κ1) is 10.1. The van der Waals surface area contributed by atoms with Crippen LogP contribution < -0.4 is 0 Å². The second-order valence-electron chi connectivity index (χ2n) is 6.20. The fourth-order valence-electron chi connectivity index (χ4n) is 4.04. The number of rotatable bonds is 0. The van der Waals surface area contributed by atoms with E-state index in [0.717, 1.165) is 5.92 Å². The number of piperidine rings is 3. The van der Waals surface area contributed by atoms with Crippen molar-refractivity contribution in [2.75, 3.05) is 19.6 Å². The monoisotopic (exact) mass is 207 g/mol. The molecule has 3 saturated heterocycles. The van der Waals surface area contributed by atoms with Gasteiger partial charge in [0.15, 0.2) is 0 Å². The SMILES string of the molecule is C1CC2CCC1C2.C1CN2CCC1CC2. The fraction of sp³-hybridized carbons (Fsp3) is 1.00. The molecule has 15 heavy (non-hydrogen) atoms. The molecule has 1 nitrogen and oxygen atoms in total. The largest absolute Gasteiger partial charge is 0.303 e. The third-order valence-corrected chi connectivity index (χ3v) is 5.19. The molecule has 0 atom stereocenters. The van der Waals surface area contributed by atoms with Crippen LogP contribution in [0.2, 0.25) is 0 Å². The maximum absolute atomic E-state index is 2.58. The van der Waals surface area contributed by atoms with Crippen molar-refractivity contribution in [3.05, 3.63) is 0 Å². The molecule has 0 aromatic rings. The lowest BCUT2D eigenvalue weighted by molar-refractivity contribution is 0.111. The van der Waals surface area contributed by atoms with Gasteiger partial charge in [-0.15, -0.1) is 0 Å². The van der Waals surface area contributed by atoms with Gasteiger partial charge in [0.1, 0.15) is 0 Å². The zero-order valence-electron chi connectivity index (χ0n) is 9.96. The van der Waals surface area contributed by atoms with Crippen LogP contribution in [0.5, 0.6) is 0 Å². The summed E-state index contributed by atoms with van der Waals surface area (Å²) in [5, 5.41) is 0. The molecule has 5 fully saturated rings. The van der Waals surface area contributed by atoms with Crippen molar-refractivity contribution in [1.82, 2.24) is 4.90 Å². The van der Waals surface area contributed by atoms with E-state index in [1.54, 1.807) is 32.1 Å². The molecule has 3 aliphatic heterocycles. The minimum atomic E-state index is 1.11. The van der Waals surface area contributed by atoms with Crippen LogP contribution >= 0.6 is 0 Å². The van der Waals surface area contributed by atoms with Gasteiger partial charge in [0.25, 0.3) is 0 Å². The van der Waals surface area contributed by atoms with Crippen molar-refractivity contribution in [1.29, 1.82) is 0 Å². The Balaban J connectivity index is 0.0000000971. The lowest BCUT2D eigenvalue weighted by Crippen LogP contribution is -2.41. The molecule has 0 spiro atoms. The highest BCUT2D eigenvalue weighted by Crippen LogP contribution is 2.43. The van der Waals surface area contributed by atoms with Crippen LogP contribution in [0.25, 0.3) is 0 Å². The molecule has 2 saturated carbocycles. The van der Waals surface area contributed by atoms with Gasteiger partial charge < -0.3 is 4.90 Å². The normalized spacial score (nSPS) is 46.4. The first-order chi connectivity index (χ1) is 7.40. The topological polar surface area (TPSA) is 3.24 Å². The Morgan fingerprint density at radius 2 is 1.00 bits per heavy atom. The van der Waals surface area contributed by atoms with E-state index in [1.165, 1.54) is 50.7 Å². The minimum Gasteiger partial charge on any atom is -0.303 e. The predicted octanol–water partition coefficient (Wildman–Crippen LogP) is 3.30. The molecule has 86 valence electrons. The van der Waals surface area contributed by atoms with Crippen LogP contribution in [-0.4, -0.2) is 24.5 Å². The number of fused-ring (bicyclic) bond motifs is 5. The zero-order chi connectivity index (χ0) is 10.1. The molecule has 2 aliphatic carbocycles. The molecule has 5 aliphatic rings. The van der Waals surface area contributed by atoms with Crippen LogP contribution in [0.4, 0.5) is 0 Å². The molecule has 0 amide bonds. The molecule has 4 bridgehead atoms. The molecule has 1 heteroatoms. The van der Waals surface area contributed by atoms with Gasteiger partial charge in [-0.3, -0.25) is 0 Å². The van der Waals surface area contributed by atoms with Gasteiger partial charge in [0, 0.05) is 0 Å². The first-order valence-electron chi connectivity index (χ1n) is 7.12. The summed E-state index contributed by atoms with van der Waals surface area (Å²) in [6.07, 6.45) is 12.3. The summed E-state index contributed by atoms with van der Waals surface area (Å²) in [5.74, 6) is 3.45. The quantitative estimate of drug-likeness (QED) is 0.589. The molecule has 0 aromatic heterocycles. The Bertz CT molecular complexity index is 164. The highest BCUT2D eigenvalue weighted by Gasteiger charge is 2.30. The van der Waals surface area contributed by atoms with Gasteiger partial charge in [-0.1, -0.05) is 25.7 Å². The second kappa shape index (κ2) is 4.45. The molecular formula is C14H25N. The highest BCUT2D eigenvalue weighted by molar-refractivity contribution is 4.82. The van der Waals surface area contributed by atoms with Crippen molar-refractivity contribution in [3.63, 3.8) is 0 Å². The van der Waals surface area contributed by atoms with Crippen LogP contribution in [0.15, 0.2) is 0 Å². The van der Waals surface area contributed by atoms with Gasteiger partial charge >= 0.3 is 0 Å². The maximum atomic E-state index is 2.58. The van der Waals surface area contributed by atoms with E-state index < -0.39 is 0 Å². The Kier molecular flexibility index (Phi) is 3.01. The van der Waals surface area contributed by atoms with Gasteiger partial charge in [0.05, 0.1) is 0 Å². The molecule has 3 heterocycles. The Morgan fingerprint density at radius 1 is 0.533 bits per heavy atom. The van der Waals surface area contributed by atoms with Crippen LogP contribution in [-0.2, 0) is 0 Å². The fourth-order valence-corrected chi connectivity index (χ4v) is 4.04. The van der Waals surface area contributed by atoms with Gasteiger partial charge in [-0.05, 0) is 63.1 Å². The van der Waals surface area contributed by atoms with Crippen LogP contribution in [0.1, 0.15) is 51.4 Å². The lowest BCUT2D eigenvalue weighted by atomic mass is 9.89. The predicted molar refractivity (Wildman–Crippen MR) is 63.8 cm³/mol. The summed E-state index contributed by atoms with van der Waals surface area (Å²) in [4.78, 5) is 2.58. The summed E-state index contributed by atoms with van der Waals surface area (Å²) in [5.41, 5.74) is 0. The Morgan fingerprint density at radius 3 is 1.13 bits per heavy atom. The number of hydrogen-bond donors (Lipinski definition) is 0. The van der Waals surface area contributed by atoms with Crippen molar-refractivity contribution in [2.45, 2.75) is 51.4 Å². The molecule has 0 aromatic carbocycles. The van der Waals surface area contributed by atoms with E-state index in [9.17, 15) is 0 Å². The van der Waals surface area contributed by atoms with E-state index in [4.69, 9.17) is 0 Å². The van der Waals surface area contributed by atoms with Gasteiger partial charge in [-0.2, -0.15) is 0 Å². The smallest absolute Gasteiger partial charge is 0.00161 e. The zero-order valence-corrected chi connectivity index (χ0v) is 9.96. The van der Waals surface area contributed by atoms with Crippen molar-refractivity contribution < 1.29 is 0 Å². The molecule has 0 unspecified atom stereocenters. The Labute approximate surface area is 94.2 Å². The second-order valence-corrected chi connectivity index (χ2v) is 6.20.